The third kappa shape index (κ3) is 3.36. The third-order valence-electron chi connectivity index (χ3n) is 2.84. The van der Waals surface area contributed by atoms with Crippen LogP contribution in [0.15, 0.2) is 30.3 Å². The molecule has 0 fully saturated rings. The first-order valence-corrected chi connectivity index (χ1v) is 6.47. The van der Waals surface area contributed by atoms with Crippen molar-refractivity contribution in [3.8, 4) is 17.0 Å². The number of nitrogens with zero attached hydrogens (tertiary/aromatic N) is 1. The van der Waals surface area contributed by atoms with Gasteiger partial charge in [-0.2, -0.15) is 5.10 Å². The number of amides is 1. The van der Waals surface area contributed by atoms with E-state index in [1.165, 1.54) is 0 Å². The minimum absolute atomic E-state index is 0.130. The Hall–Kier alpha value is -2.34. The Bertz CT molecular complexity index is 563. The highest BCUT2D eigenvalue weighted by molar-refractivity contribution is 5.92. The highest BCUT2D eigenvalue weighted by Gasteiger charge is 2.10. The van der Waals surface area contributed by atoms with E-state index in [1.807, 2.05) is 24.3 Å². The molecule has 6 nitrogen and oxygen atoms in total. The normalized spacial score (nSPS) is 10.3. The fourth-order valence-electron chi connectivity index (χ4n) is 1.71. The summed E-state index contributed by atoms with van der Waals surface area (Å²) in [6.45, 7) is 2.82. The Kier molecular flexibility index (Phi) is 4.73. The maximum Gasteiger partial charge on any atom is 0.295 e. The molecule has 0 saturated carbocycles. The number of carbonyl (C=O) groups excluding carboxylic acids is 1. The molecule has 0 aliphatic rings. The largest absolute Gasteiger partial charge is 0.494 e. The second kappa shape index (κ2) is 6.72. The molecule has 6 heteroatoms. The lowest BCUT2D eigenvalue weighted by Gasteiger charge is -2.05. The van der Waals surface area contributed by atoms with Gasteiger partial charge in [0.15, 0.2) is 5.69 Å². The molecule has 1 aromatic heterocycles. The molecule has 0 unspecified atom stereocenters. The van der Waals surface area contributed by atoms with Crippen LogP contribution in [0.5, 0.6) is 5.75 Å². The number of rotatable bonds is 6. The number of hydrogen-bond donors (Lipinski definition) is 3. The summed E-state index contributed by atoms with van der Waals surface area (Å²) in [6, 6.07) is 9.08. The zero-order valence-corrected chi connectivity index (χ0v) is 11.2. The highest BCUT2D eigenvalue weighted by atomic mass is 16.5. The van der Waals surface area contributed by atoms with Crippen LogP contribution < -0.4 is 10.2 Å². The van der Waals surface area contributed by atoms with Gasteiger partial charge in [-0.3, -0.25) is 15.1 Å². The van der Waals surface area contributed by atoms with Crippen molar-refractivity contribution in [2.75, 3.05) is 6.61 Å². The zero-order valence-electron chi connectivity index (χ0n) is 11.2. The topological polar surface area (TPSA) is 87.2 Å². The van der Waals surface area contributed by atoms with Crippen molar-refractivity contribution in [2.24, 2.45) is 0 Å². The summed E-state index contributed by atoms with van der Waals surface area (Å²) in [4.78, 5) is 11.2. The number of ether oxygens (including phenoxy) is 1. The van der Waals surface area contributed by atoms with Crippen molar-refractivity contribution in [2.45, 2.75) is 19.8 Å². The monoisotopic (exact) mass is 275 g/mol. The lowest BCUT2D eigenvalue weighted by molar-refractivity contribution is 0.0700. The number of aromatic amines is 1. The molecule has 106 valence electrons. The molecule has 1 amide bonds. The maximum absolute atomic E-state index is 11.2. The number of benzene rings is 1. The van der Waals surface area contributed by atoms with E-state index in [2.05, 4.69) is 17.1 Å². The molecule has 20 heavy (non-hydrogen) atoms. The molecule has 0 radical (unpaired) electrons. The van der Waals surface area contributed by atoms with E-state index in [9.17, 15) is 4.79 Å². The molecular formula is C14H17N3O3. The summed E-state index contributed by atoms with van der Waals surface area (Å²) >= 11 is 0. The van der Waals surface area contributed by atoms with E-state index in [0.717, 1.165) is 24.2 Å². The number of aromatic nitrogens is 2. The van der Waals surface area contributed by atoms with Crippen LogP contribution in [0.2, 0.25) is 0 Å². The van der Waals surface area contributed by atoms with Crippen LogP contribution in [0, 0.1) is 0 Å². The van der Waals surface area contributed by atoms with Crippen LogP contribution >= 0.6 is 0 Å². The van der Waals surface area contributed by atoms with Gasteiger partial charge in [-0.15, -0.1) is 0 Å². The molecule has 0 aliphatic carbocycles. The quantitative estimate of drug-likeness (QED) is 0.429. The van der Waals surface area contributed by atoms with Gasteiger partial charge >= 0.3 is 0 Å². The lowest BCUT2D eigenvalue weighted by atomic mass is 10.1. The number of unbranched alkanes of at least 4 members (excludes halogenated alkanes) is 1. The van der Waals surface area contributed by atoms with Crippen LogP contribution in [0.3, 0.4) is 0 Å². The highest BCUT2D eigenvalue weighted by Crippen LogP contribution is 2.21. The molecule has 0 aliphatic heterocycles. The first-order valence-electron chi connectivity index (χ1n) is 6.47. The summed E-state index contributed by atoms with van der Waals surface area (Å²) < 4.78 is 5.58. The van der Waals surface area contributed by atoms with Gasteiger partial charge in [-0.05, 0) is 42.3 Å². The van der Waals surface area contributed by atoms with Crippen LogP contribution in [0.1, 0.15) is 30.3 Å². The second-order valence-electron chi connectivity index (χ2n) is 4.33. The maximum atomic E-state index is 11.2. The summed E-state index contributed by atoms with van der Waals surface area (Å²) in [7, 11) is 0. The molecular weight excluding hydrogens is 258 g/mol. The van der Waals surface area contributed by atoms with Gasteiger partial charge in [0.05, 0.1) is 12.3 Å². The van der Waals surface area contributed by atoms with E-state index in [-0.39, 0.29) is 5.69 Å². The van der Waals surface area contributed by atoms with Crippen LogP contribution in [0.4, 0.5) is 0 Å². The average Bonchev–Trinajstić information content (AvgIpc) is 2.97. The molecule has 2 rings (SSSR count). The van der Waals surface area contributed by atoms with E-state index in [1.54, 1.807) is 11.5 Å². The Morgan fingerprint density at radius 1 is 1.40 bits per heavy atom. The minimum atomic E-state index is -0.646. The number of H-pyrrole nitrogens is 1. The minimum Gasteiger partial charge on any atom is -0.494 e. The third-order valence-corrected chi connectivity index (χ3v) is 2.84. The number of hydrogen-bond acceptors (Lipinski definition) is 4. The predicted octanol–water partition coefficient (Wildman–Crippen LogP) is 2.37. The molecule has 1 heterocycles. The van der Waals surface area contributed by atoms with Gasteiger partial charge in [0.2, 0.25) is 0 Å². The van der Waals surface area contributed by atoms with Crippen LogP contribution in [0.25, 0.3) is 11.3 Å². The first kappa shape index (κ1) is 14.1. The Balaban J connectivity index is 2.06. The molecule has 2 aromatic rings. The molecule has 3 N–H and O–H groups in total. The van der Waals surface area contributed by atoms with Crippen molar-refractivity contribution in [3.05, 3.63) is 36.0 Å². The summed E-state index contributed by atoms with van der Waals surface area (Å²) in [5.74, 6) is 0.169. The second-order valence-corrected chi connectivity index (χ2v) is 4.33. The van der Waals surface area contributed by atoms with Gasteiger partial charge in [0, 0.05) is 0 Å². The average molecular weight is 275 g/mol. The Morgan fingerprint density at radius 2 is 2.15 bits per heavy atom. The van der Waals surface area contributed by atoms with Gasteiger partial charge in [0.1, 0.15) is 5.75 Å². The molecule has 1 aromatic carbocycles. The summed E-state index contributed by atoms with van der Waals surface area (Å²) in [5.41, 5.74) is 3.26. The standard InChI is InChI=1S/C14H17N3O3/c1-2-3-8-20-11-6-4-10(5-7-11)12-9-13(16-15-12)14(18)17-19/h4-7,9,19H,2-3,8H2,1H3,(H,15,16)(H,17,18). The Morgan fingerprint density at radius 3 is 2.80 bits per heavy atom. The van der Waals surface area contributed by atoms with E-state index >= 15 is 0 Å². The van der Waals surface area contributed by atoms with Gasteiger partial charge in [0.25, 0.3) is 5.91 Å². The fourth-order valence-corrected chi connectivity index (χ4v) is 1.71. The number of carbonyl (C=O) groups is 1. The fraction of sp³-hybridized carbons (Fsp3) is 0.286. The molecule has 0 spiro atoms. The molecule has 0 saturated heterocycles. The van der Waals surface area contributed by atoms with Crippen molar-refractivity contribution < 1.29 is 14.7 Å². The van der Waals surface area contributed by atoms with Gasteiger partial charge < -0.3 is 4.74 Å². The van der Waals surface area contributed by atoms with Crippen molar-refractivity contribution >= 4 is 5.91 Å². The predicted molar refractivity (Wildman–Crippen MR) is 73.7 cm³/mol. The van der Waals surface area contributed by atoms with Crippen LogP contribution in [-0.4, -0.2) is 27.9 Å². The van der Waals surface area contributed by atoms with E-state index < -0.39 is 5.91 Å². The van der Waals surface area contributed by atoms with Crippen molar-refractivity contribution in [3.63, 3.8) is 0 Å². The summed E-state index contributed by atoms with van der Waals surface area (Å²) in [5, 5.41) is 15.1. The van der Waals surface area contributed by atoms with Crippen molar-refractivity contribution in [1.29, 1.82) is 0 Å². The smallest absolute Gasteiger partial charge is 0.295 e. The Labute approximate surface area is 116 Å². The summed E-state index contributed by atoms with van der Waals surface area (Å²) in [6.07, 6.45) is 2.13. The SMILES string of the molecule is CCCCOc1ccc(-c2cc(C(=O)NO)n[nH]2)cc1. The number of hydroxylamine groups is 1. The molecule has 0 atom stereocenters. The number of nitrogens with one attached hydrogen (secondary N) is 2. The van der Waals surface area contributed by atoms with Gasteiger partial charge in [-0.25, -0.2) is 5.48 Å². The van der Waals surface area contributed by atoms with E-state index in [4.69, 9.17) is 9.94 Å². The molecule has 0 bridgehead atoms. The zero-order chi connectivity index (χ0) is 14.4. The van der Waals surface area contributed by atoms with E-state index in [0.29, 0.717) is 12.3 Å². The first-order chi connectivity index (χ1) is 9.74. The van der Waals surface area contributed by atoms with Crippen molar-refractivity contribution in [1.82, 2.24) is 15.7 Å². The van der Waals surface area contributed by atoms with Crippen LogP contribution in [-0.2, 0) is 0 Å². The van der Waals surface area contributed by atoms with Gasteiger partial charge in [-0.1, -0.05) is 13.3 Å². The lowest BCUT2D eigenvalue weighted by Crippen LogP contribution is -2.18.